The normalized spacial score (nSPS) is 12.7. The first kappa shape index (κ1) is 17.9. The Morgan fingerprint density at radius 1 is 1.17 bits per heavy atom. The molecule has 0 unspecified atom stereocenters. The minimum absolute atomic E-state index is 0.312. The van der Waals surface area contributed by atoms with Crippen LogP contribution in [0.3, 0.4) is 0 Å². The standard InChI is InChI=1S/C15H34N2O/c1-7-14(8-2)17(10-11-18-6)13-15(4,5)12-16-9-3/h14,16H,7-13H2,1-6H3. The van der Waals surface area contributed by atoms with Gasteiger partial charge in [0.05, 0.1) is 6.61 Å². The molecule has 18 heavy (non-hydrogen) atoms. The number of ether oxygens (including phenoxy) is 1. The average molecular weight is 258 g/mol. The molecule has 0 radical (unpaired) electrons. The van der Waals surface area contributed by atoms with Crippen molar-refractivity contribution in [3.63, 3.8) is 0 Å². The molecule has 0 atom stereocenters. The van der Waals surface area contributed by atoms with Gasteiger partial charge in [0.2, 0.25) is 0 Å². The van der Waals surface area contributed by atoms with Crippen molar-refractivity contribution in [1.29, 1.82) is 0 Å². The smallest absolute Gasteiger partial charge is 0.0589 e. The zero-order chi connectivity index (χ0) is 14.0. The Bertz CT molecular complexity index is 191. The summed E-state index contributed by atoms with van der Waals surface area (Å²) < 4.78 is 5.25. The van der Waals surface area contributed by atoms with Crippen molar-refractivity contribution >= 4 is 0 Å². The lowest BCUT2D eigenvalue weighted by molar-refractivity contribution is 0.0816. The first-order chi connectivity index (χ1) is 8.50. The molecule has 110 valence electrons. The molecule has 0 aliphatic rings. The quantitative estimate of drug-likeness (QED) is 0.617. The molecule has 0 aromatic rings. The summed E-state index contributed by atoms with van der Waals surface area (Å²) in [5.74, 6) is 0. The van der Waals surface area contributed by atoms with Gasteiger partial charge in [0.25, 0.3) is 0 Å². The summed E-state index contributed by atoms with van der Waals surface area (Å²) in [7, 11) is 1.79. The van der Waals surface area contributed by atoms with Crippen molar-refractivity contribution in [1.82, 2.24) is 10.2 Å². The van der Waals surface area contributed by atoms with E-state index in [0.717, 1.165) is 32.8 Å². The van der Waals surface area contributed by atoms with Gasteiger partial charge in [-0.1, -0.05) is 34.6 Å². The molecule has 0 saturated carbocycles. The molecule has 0 saturated heterocycles. The molecule has 0 aromatic heterocycles. The Morgan fingerprint density at radius 3 is 2.22 bits per heavy atom. The van der Waals surface area contributed by atoms with Crippen molar-refractivity contribution in [2.45, 2.75) is 53.5 Å². The van der Waals surface area contributed by atoms with Gasteiger partial charge in [-0.3, -0.25) is 4.90 Å². The van der Waals surface area contributed by atoms with E-state index in [9.17, 15) is 0 Å². The molecule has 0 rings (SSSR count). The van der Waals surface area contributed by atoms with E-state index in [0.29, 0.717) is 11.5 Å². The fourth-order valence-electron chi connectivity index (χ4n) is 2.47. The third-order valence-corrected chi connectivity index (χ3v) is 3.53. The highest BCUT2D eigenvalue weighted by Crippen LogP contribution is 2.19. The Hall–Kier alpha value is -0.120. The predicted octanol–water partition coefficient (Wildman–Crippen LogP) is 2.76. The highest BCUT2D eigenvalue weighted by atomic mass is 16.5. The summed E-state index contributed by atoms with van der Waals surface area (Å²) in [6.45, 7) is 16.5. The summed E-state index contributed by atoms with van der Waals surface area (Å²) >= 11 is 0. The van der Waals surface area contributed by atoms with Crippen molar-refractivity contribution in [2.24, 2.45) is 5.41 Å². The second-order valence-electron chi connectivity index (χ2n) is 5.88. The van der Waals surface area contributed by atoms with Gasteiger partial charge in [-0.15, -0.1) is 0 Å². The molecular weight excluding hydrogens is 224 g/mol. The number of rotatable bonds is 11. The van der Waals surface area contributed by atoms with Gasteiger partial charge in [0.15, 0.2) is 0 Å². The molecule has 0 heterocycles. The number of nitrogens with one attached hydrogen (secondary N) is 1. The minimum Gasteiger partial charge on any atom is -0.383 e. The largest absolute Gasteiger partial charge is 0.383 e. The molecule has 1 N–H and O–H groups in total. The van der Waals surface area contributed by atoms with Crippen LogP contribution >= 0.6 is 0 Å². The van der Waals surface area contributed by atoms with E-state index >= 15 is 0 Å². The summed E-state index contributed by atoms with van der Waals surface area (Å²) in [6, 6.07) is 0.682. The van der Waals surface area contributed by atoms with Crippen LogP contribution < -0.4 is 5.32 Å². The maximum absolute atomic E-state index is 5.25. The maximum atomic E-state index is 5.25. The molecule has 0 aromatic carbocycles. The topological polar surface area (TPSA) is 24.5 Å². The average Bonchev–Trinajstić information content (AvgIpc) is 2.34. The maximum Gasteiger partial charge on any atom is 0.0589 e. The second-order valence-corrected chi connectivity index (χ2v) is 5.88. The number of methoxy groups -OCH3 is 1. The van der Waals surface area contributed by atoms with Crippen molar-refractivity contribution in [3.8, 4) is 0 Å². The molecule has 0 spiro atoms. The van der Waals surface area contributed by atoms with Crippen molar-refractivity contribution < 1.29 is 4.74 Å². The van der Waals surface area contributed by atoms with Crippen LogP contribution in [0.4, 0.5) is 0 Å². The summed E-state index contributed by atoms with van der Waals surface area (Å²) in [4.78, 5) is 2.60. The Labute approximate surface area is 114 Å². The number of hydrogen-bond acceptors (Lipinski definition) is 3. The lowest BCUT2D eigenvalue weighted by atomic mass is 9.91. The summed E-state index contributed by atoms with van der Waals surface area (Å²) in [6.07, 6.45) is 2.44. The Morgan fingerprint density at radius 2 is 1.78 bits per heavy atom. The third-order valence-electron chi connectivity index (χ3n) is 3.53. The highest BCUT2D eigenvalue weighted by molar-refractivity contribution is 4.79. The van der Waals surface area contributed by atoms with Gasteiger partial charge in [0, 0.05) is 32.8 Å². The number of nitrogens with zero attached hydrogens (tertiary/aromatic N) is 1. The lowest BCUT2D eigenvalue weighted by Crippen LogP contribution is -2.46. The van der Waals surface area contributed by atoms with Crippen LogP contribution in [-0.4, -0.2) is 50.8 Å². The molecule has 3 nitrogen and oxygen atoms in total. The van der Waals surface area contributed by atoms with E-state index in [4.69, 9.17) is 4.74 Å². The zero-order valence-corrected chi connectivity index (χ0v) is 13.4. The van der Waals surface area contributed by atoms with Gasteiger partial charge < -0.3 is 10.1 Å². The van der Waals surface area contributed by atoms with Gasteiger partial charge in [0.1, 0.15) is 0 Å². The lowest BCUT2D eigenvalue weighted by Gasteiger charge is -2.37. The fourth-order valence-corrected chi connectivity index (χ4v) is 2.47. The van der Waals surface area contributed by atoms with Gasteiger partial charge in [-0.25, -0.2) is 0 Å². The Balaban J connectivity index is 4.45. The SMILES string of the molecule is CCNCC(C)(C)CN(CCOC)C(CC)CC. The molecule has 0 aliphatic carbocycles. The van der Waals surface area contributed by atoms with Crippen LogP contribution in [0.2, 0.25) is 0 Å². The number of hydrogen-bond donors (Lipinski definition) is 1. The van der Waals surface area contributed by atoms with Gasteiger partial charge >= 0.3 is 0 Å². The van der Waals surface area contributed by atoms with E-state index in [1.165, 1.54) is 12.8 Å². The van der Waals surface area contributed by atoms with Crippen LogP contribution in [0.1, 0.15) is 47.5 Å². The van der Waals surface area contributed by atoms with E-state index < -0.39 is 0 Å². The van der Waals surface area contributed by atoms with E-state index in [1.807, 2.05) is 0 Å². The molecule has 0 aliphatic heterocycles. The first-order valence-corrected chi connectivity index (χ1v) is 7.44. The van der Waals surface area contributed by atoms with Crippen LogP contribution in [0.15, 0.2) is 0 Å². The first-order valence-electron chi connectivity index (χ1n) is 7.44. The molecule has 0 amide bonds. The van der Waals surface area contributed by atoms with E-state index in [2.05, 4.69) is 44.8 Å². The molecule has 0 fully saturated rings. The second kappa shape index (κ2) is 9.76. The van der Waals surface area contributed by atoms with Crippen LogP contribution in [0.5, 0.6) is 0 Å². The molecule has 3 heteroatoms. The summed E-state index contributed by atoms with van der Waals surface area (Å²) in [5, 5.41) is 3.47. The summed E-state index contributed by atoms with van der Waals surface area (Å²) in [5.41, 5.74) is 0.312. The third kappa shape index (κ3) is 7.34. The van der Waals surface area contributed by atoms with Gasteiger partial charge in [-0.05, 0) is 24.8 Å². The minimum atomic E-state index is 0.312. The molecular formula is C15H34N2O. The van der Waals surface area contributed by atoms with Crippen molar-refractivity contribution in [3.05, 3.63) is 0 Å². The van der Waals surface area contributed by atoms with Crippen LogP contribution in [0, 0.1) is 5.41 Å². The van der Waals surface area contributed by atoms with E-state index in [1.54, 1.807) is 7.11 Å². The van der Waals surface area contributed by atoms with Crippen LogP contribution in [-0.2, 0) is 4.74 Å². The zero-order valence-electron chi connectivity index (χ0n) is 13.4. The fraction of sp³-hybridized carbons (Fsp3) is 1.00. The van der Waals surface area contributed by atoms with Crippen molar-refractivity contribution in [2.75, 3.05) is 39.9 Å². The van der Waals surface area contributed by atoms with Gasteiger partial charge in [-0.2, -0.15) is 0 Å². The Kier molecular flexibility index (Phi) is 9.70. The monoisotopic (exact) mass is 258 g/mol. The highest BCUT2D eigenvalue weighted by Gasteiger charge is 2.24. The predicted molar refractivity (Wildman–Crippen MR) is 80.1 cm³/mol. The van der Waals surface area contributed by atoms with E-state index in [-0.39, 0.29) is 0 Å². The van der Waals surface area contributed by atoms with Crippen LogP contribution in [0.25, 0.3) is 0 Å². The molecule has 0 bridgehead atoms.